The van der Waals surface area contributed by atoms with Gasteiger partial charge < -0.3 is 10.6 Å². The molecule has 28 heavy (non-hydrogen) atoms. The molecule has 0 bridgehead atoms. The van der Waals surface area contributed by atoms with E-state index in [-0.39, 0.29) is 32.6 Å². The number of rotatable bonds is 4. The zero-order chi connectivity index (χ0) is 22.8. The molecule has 1 aliphatic rings. The van der Waals surface area contributed by atoms with E-state index in [1.165, 1.54) is 18.2 Å². The summed E-state index contributed by atoms with van der Waals surface area (Å²) in [5.74, 6) is -0.675. The van der Waals surface area contributed by atoms with Crippen molar-refractivity contribution in [3.8, 4) is 0 Å². The average molecular weight is 507 g/mol. The highest BCUT2D eigenvalue weighted by atomic mass is 127. The van der Waals surface area contributed by atoms with Crippen molar-refractivity contribution in [3.05, 3.63) is 56.4 Å². The maximum Gasteiger partial charge on any atom is 0.416 e. The first-order valence-corrected chi connectivity index (χ1v) is 9.63. The number of amides is 1. The smallest absolute Gasteiger partial charge is 0.322 e. The van der Waals surface area contributed by atoms with Gasteiger partial charge in [-0.1, -0.05) is 6.07 Å². The van der Waals surface area contributed by atoms with Crippen molar-refractivity contribution in [2.24, 2.45) is 0 Å². The van der Waals surface area contributed by atoms with E-state index in [1.807, 2.05) is 4.90 Å². The van der Waals surface area contributed by atoms with Crippen LogP contribution < -0.4 is 10.6 Å². The van der Waals surface area contributed by atoms with E-state index in [1.54, 1.807) is 22.6 Å². The molecule has 1 fully saturated rings. The second-order valence-corrected chi connectivity index (χ2v) is 7.57. The molecule has 1 aromatic heterocycles. The van der Waals surface area contributed by atoms with Gasteiger partial charge in [-0.2, -0.15) is 13.2 Å². The van der Waals surface area contributed by atoms with E-state index < -0.39 is 24.5 Å². The van der Waals surface area contributed by atoms with Crippen molar-refractivity contribution in [3.63, 3.8) is 0 Å². The summed E-state index contributed by atoms with van der Waals surface area (Å²) in [6, 6.07) is 5.07. The van der Waals surface area contributed by atoms with E-state index in [9.17, 15) is 18.0 Å². The Kier molecular flexibility index (Phi) is 5.36. The number of anilines is 1. The predicted molar refractivity (Wildman–Crippen MR) is 109 cm³/mol. The Morgan fingerprint density at radius 1 is 1.36 bits per heavy atom. The van der Waals surface area contributed by atoms with Crippen molar-refractivity contribution in [1.29, 1.82) is 0 Å². The summed E-state index contributed by atoms with van der Waals surface area (Å²) in [6.45, 7) is 0.518. The van der Waals surface area contributed by atoms with Crippen molar-refractivity contribution < 1.29 is 22.1 Å². The summed E-state index contributed by atoms with van der Waals surface area (Å²) < 4.78 is 63.5. The van der Waals surface area contributed by atoms with Gasteiger partial charge in [-0.3, -0.25) is 14.7 Å². The highest BCUT2D eigenvalue weighted by Crippen LogP contribution is 2.34. The van der Waals surface area contributed by atoms with E-state index in [0.29, 0.717) is 13.1 Å². The number of nitrogens with zero attached hydrogens (tertiary/aromatic N) is 2. The molecule has 2 N–H and O–H groups in total. The topological polar surface area (TPSA) is 57.3 Å². The number of halogens is 4. The molecule has 0 unspecified atom stereocenters. The number of carbonyl (C=O) groups excluding carboxylic acids is 1. The molecule has 0 aliphatic carbocycles. The number of aryl methyl sites for hydroxylation is 1. The van der Waals surface area contributed by atoms with E-state index in [0.717, 1.165) is 25.4 Å². The van der Waals surface area contributed by atoms with Gasteiger partial charge in [-0.05, 0) is 53.2 Å². The van der Waals surface area contributed by atoms with Crippen LogP contribution in [0, 0.1) is 10.4 Å². The van der Waals surface area contributed by atoms with Crippen LogP contribution in [0.15, 0.2) is 30.5 Å². The third kappa shape index (κ3) is 5.21. The Labute approximate surface area is 179 Å². The van der Waals surface area contributed by atoms with Crippen LogP contribution in [0.5, 0.6) is 0 Å². The minimum absolute atomic E-state index is 0.00343. The second kappa shape index (κ2) is 8.75. The Bertz CT molecular complexity index is 963. The standard InChI is InChI=1S/C19H20F3IN4O/c1-12-17(23)8-14(10-25-12)18(28)26-15-3-2-13(16(9-15)19(20,21)22)11-27-6-4-24-5-7-27/h2-3,8-10,24H,4-7,11H2,1H3,(H,26,28)/i1D3. The maximum atomic E-state index is 13.6. The number of nitrogens with one attached hydrogen (secondary N) is 2. The quantitative estimate of drug-likeness (QED) is 0.621. The van der Waals surface area contributed by atoms with Crippen LogP contribution in [0.3, 0.4) is 0 Å². The number of piperazine rings is 1. The van der Waals surface area contributed by atoms with Gasteiger partial charge in [0.05, 0.1) is 16.8 Å². The van der Waals surface area contributed by atoms with Crippen molar-refractivity contribution >= 4 is 34.2 Å². The van der Waals surface area contributed by atoms with Gasteiger partial charge in [0.2, 0.25) is 0 Å². The third-order valence-corrected chi connectivity index (χ3v) is 5.20. The molecule has 0 radical (unpaired) electrons. The molecule has 3 rings (SSSR count). The normalized spacial score (nSPS) is 17.5. The fraction of sp³-hybridized carbons (Fsp3) is 0.368. The Hall–Kier alpha value is -1.72. The van der Waals surface area contributed by atoms with Gasteiger partial charge in [0.15, 0.2) is 0 Å². The fourth-order valence-electron chi connectivity index (χ4n) is 2.93. The lowest BCUT2D eigenvalue weighted by Gasteiger charge is -2.28. The Morgan fingerprint density at radius 2 is 2.11 bits per heavy atom. The summed E-state index contributed by atoms with van der Waals surface area (Å²) in [5.41, 5.74) is -0.742. The fourth-order valence-corrected chi connectivity index (χ4v) is 3.41. The van der Waals surface area contributed by atoms with Gasteiger partial charge in [0, 0.05) is 52.3 Å². The van der Waals surface area contributed by atoms with Crippen molar-refractivity contribution in [2.75, 3.05) is 31.5 Å². The predicted octanol–water partition coefficient (Wildman–Crippen LogP) is 3.67. The van der Waals surface area contributed by atoms with Gasteiger partial charge >= 0.3 is 6.18 Å². The maximum absolute atomic E-state index is 13.6. The number of hydrogen-bond acceptors (Lipinski definition) is 4. The van der Waals surface area contributed by atoms with Crippen LogP contribution in [0.1, 0.15) is 31.3 Å². The molecule has 2 heterocycles. The van der Waals surface area contributed by atoms with Crippen LogP contribution in [-0.4, -0.2) is 42.0 Å². The molecule has 150 valence electrons. The van der Waals surface area contributed by atoms with Crippen LogP contribution in [-0.2, 0) is 12.7 Å². The lowest BCUT2D eigenvalue weighted by molar-refractivity contribution is -0.138. The number of benzene rings is 1. The number of aromatic nitrogens is 1. The largest absolute Gasteiger partial charge is 0.416 e. The number of alkyl halides is 3. The third-order valence-electron chi connectivity index (χ3n) is 4.38. The lowest BCUT2D eigenvalue weighted by Crippen LogP contribution is -2.43. The zero-order valence-corrected chi connectivity index (χ0v) is 16.9. The highest BCUT2D eigenvalue weighted by Gasteiger charge is 2.34. The van der Waals surface area contributed by atoms with Gasteiger partial charge in [0.1, 0.15) is 0 Å². The molecule has 0 saturated carbocycles. The second-order valence-electron chi connectivity index (χ2n) is 6.40. The molecule has 5 nitrogen and oxygen atoms in total. The molecule has 9 heteroatoms. The van der Waals surface area contributed by atoms with Gasteiger partial charge in [0.25, 0.3) is 5.91 Å². The molecular weight excluding hydrogens is 484 g/mol. The van der Waals surface area contributed by atoms with Crippen molar-refractivity contribution in [2.45, 2.75) is 19.6 Å². The molecule has 1 aliphatic heterocycles. The number of carbonyl (C=O) groups is 1. The molecule has 0 atom stereocenters. The van der Waals surface area contributed by atoms with Crippen LogP contribution >= 0.6 is 22.6 Å². The lowest BCUT2D eigenvalue weighted by atomic mass is 10.0. The average Bonchev–Trinajstić information content (AvgIpc) is 2.68. The van der Waals surface area contributed by atoms with Gasteiger partial charge in [-0.15, -0.1) is 0 Å². The van der Waals surface area contributed by atoms with Gasteiger partial charge in [-0.25, -0.2) is 0 Å². The highest BCUT2D eigenvalue weighted by molar-refractivity contribution is 14.1. The summed E-state index contributed by atoms with van der Waals surface area (Å²) in [4.78, 5) is 18.3. The first-order chi connectivity index (χ1) is 14.4. The first-order valence-electron chi connectivity index (χ1n) is 10.1. The van der Waals surface area contributed by atoms with Crippen LogP contribution in [0.2, 0.25) is 0 Å². The Morgan fingerprint density at radius 3 is 2.75 bits per heavy atom. The number of hydrogen-bond donors (Lipinski definition) is 2. The molecule has 2 aromatic rings. The number of pyridine rings is 1. The van der Waals surface area contributed by atoms with Crippen LogP contribution in [0.25, 0.3) is 0 Å². The van der Waals surface area contributed by atoms with E-state index in [2.05, 4.69) is 15.6 Å². The monoisotopic (exact) mass is 507 g/mol. The summed E-state index contributed by atoms with van der Waals surface area (Å²) in [6.07, 6.45) is -3.47. The van der Waals surface area contributed by atoms with Crippen LogP contribution in [0.4, 0.5) is 18.9 Å². The molecular formula is C19H20F3IN4O. The van der Waals surface area contributed by atoms with Crippen molar-refractivity contribution in [1.82, 2.24) is 15.2 Å². The molecule has 1 amide bonds. The zero-order valence-electron chi connectivity index (χ0n) is 17.7. The molecule has 0 spiro atoms. The summed E-state index contributed by atoms with van der Waals surface area (Å²) in [7, 11) is 0. The summed E-state index contributed by atoms with van der Waals surface area (Å²) in [5, 5.41) is 5.60. The molecule has 1 aromatic carbocycles. The minimum Gasteiger partial charge on any atom is -0.322 e. The van der Waals surface area contributed by atoms with E-state index >= 15 is 0 Å². The molecule has 1 saturated heterocycles. The summed E-state index contributed by atoms with van der Waals surface area (Å²) >= 11 is 1.76. The van der Waals surface area contributed by atoms with E-state index in [4.69, 9.17) is 4.11 Å². The first kappa shape index (κ1) is 17.2. The SMILES string of the molecule is [2H]C([2H])([2H])c1ncc(C(=O)Nc2ccc(CN3CCNCC3)c(C(F)(F)F)c2)cc1I. The Balaban J connectivity index is 1.81. The minimum atomic E-state index is -4.57.